The summed E-state index contributed by atoms with van der Waals surface area (Å²) in [5.41, 5.74) is 0. The summed E-state index contributed by atoms with van der Waals surface area (Å²) in [7, 11) is 1.34. The zero-order chi connectivity index (χ0) is 6.41. The van der Waals surface area contributed by atoms with Crippen LogP contribution in [-0.4, -0.2) is 19.0 Å². The van der Waals surface area contributed by atoms with Crippen LogP contribution in [-0.2, 0) is 4.74 Å². The largest absolute Gasteiger partial charge is 0.452 e. The van der Waals surface area contributed by atoms with Crippen LogP contribution in [0, 0.1) is 0 Å². The maximum Gasteiger partial charge on any atom is 0.416 e. The second-order valence-electron chi connectivity index (χ2n) is 1.03. The lowest BCUT2D eigenvalue weighted by molar-refractivity contribution is 0.178. The average Bonchev–Trinajstić information content (AvgIpc) is 1.83. The molecule has 0 aliphatic carbocycles. The van der Waals surface area contributed by atoms with E-state index in [-0.39, 0.29) is 0 Å². The molecule has 1 amide bonds. The Hall–Kier alpha value is -0.380. The van der Waals surface area contributed by atoms with E-state index in [2.05, 4.69) is 9.46 Å². The third-order valence-electron chi connectivity index (χ3n) is 0.485. The van der Waals surface area contributed by atoms with Crippen molar-refractivity contribution in [2.45, 2.75) is 6.92 Å². The summed E-state index contributed by atoms with van der Waals surface area (Å²) in [6.45, 7) is 1.95. The summed E-state index contributed by atoms with van der Waals surface area (Å²) in [4.78, 5) is 10.2. The summed E-state index contributed by atoms with van der Waals surface area (Å²) in [5, 5.41) is 0. The Balaban J connectivity index is 2.99. The molecule has 0 aromatic heterocycles. The van der Waals surface area contributed by atoms with Gasteiger partial charge in [-0.25, -0.2) is 4.79 Å². The second kappa shape index (κ2) is 4.77. The fourth-order valence-electron chi connectivity index (χ4n) is 0.173. The Kier molecular flexibility index (Phi) is 4.54. The van der Waals surface area contributed by atoms with Gasteiger partial charge in [0, 0.05) is 5.75 Å². The van der Waals surface area contributed by atoms with Gasteiger partial charge in [-0.05, 0) is 11.9 Å². The third-order valence-corrected chi connectivity index (χ3v) is 1.08. The summed E-state index contributed by atoms with van der Waals surface area (Å²) in [6, 6.07) is 0. The first-order valence-corrected chi connectivity index (χ1v) is 3.25. The molecule has 0 atom stereocenters. The zero-order valence-electron chi connectivity index (χ0n) is 4.93. The van der Waals surface area contributed by atoms with Gasteiger partial charge in [-0.2, -0.15) is 0 Å². The Morgan fingerprint density at radius 1 is 1.88 bits per heavy atom. The van der Waals surface area contributed by atoms with E-state index >= 15 is 0 Å². The van der Waals surface area contributed by atoms with E-state index in [4.69, 9.17) is 0 Å². The molecule has 0 spiro atoms. The molecule has 0 radical (unpaired) electrons. The van der Waals surface area contributed by atoms with E-state index in [0.29, 0.717) is 0 Å². The van der Waals surface area contributed by atoms with E-state index in [1.807, 2.05) is 6.92 Å². The first-order chi connectivity index (χ1) is 3.81. The quantitative estimate of drug-likeness (QED) is 0.574. The van der Waals surface area contributed by atoms with Crippen molar-refractivity contribution in [1.29, 1.82) is 0 Å². The molecular weight excluding hydrogens is 126 g/mol. The zero-order valence-corrected chi connectivity index (χ0v) is 5.75. The molecule has 0 aromatic rings. The highest BCUT2D eigenvalue weighted by molar-refractivity contribution is 7.97. The number of methoxy groups -OCH3 is 1. The van der Waals surface area contributed by atoms with Crippen LogP contribution in [0.2, 0.25) is 0 Å². The van der Waals surface area contributed by atoms with Crippen molar-refractivity contribution in [2.75, 3.05) is 12.9 Å². The molecule has 48 valence electrons. The maximum atomic E-state index is 10.2. The first-order valence-electron chi connectivity index (χ1n) is 2.27. The molecule has 3 nitrogen and oxygen atoms in total. The van der Waals surface area contributed by atoms with Crippen LogP contribution in [0.15, 0.2) is 0 Å². The van der Waals surface area contributed by atoms with Crippen molar-refractivity contribution in [1.82, 2.24) is 4.72 Å². The maximum absolute atomic E-state index is 10.2. The molecular formula is C4H9NO2S. The van der Waals surface area contributed by atoms with Gasteiger partial charge in [-0.15, -0.1) is 0 Å². The third kappa shape index (κ3) is 3.80. The summed E-state index contributed by atoms with van der Waals surface area (Å²) >= 11 is 1.32. The predicted molar refractivity (Wildman–Crippen MR) is 33.7 cm³/mol. The minimum absolute atomic E-state index is 0.392. The van der Waals surface area contributed by atoms with Gasteiger partial charge >= 0.3 is 6.09 Å². The number of hydrogen-bond acceptors (Lipinski definition) is 3. The molecule has 0 unspecified atom stereocenters. The van der Waals surface area contributed by atoms with E-state index in [1.165, 1.54) is 19.1 Å². The van der Waals surface area contributed by atoms with Gasteiger partial charge in [-0.3, -0.25) is 4.72 Å². The molecule has 0 rings (SSSR count). The van der Waals surface area contributed by atoms with Gasteiger partial charge < -0.3 is 4.74 Å². The highest BCUT2D eigenvalue weighted by Gasteiger charge is 1.92. The van der Waals surface area contributed by atoms with E-state index in [0.717, 1.165) is 5.75 Å². The van der Waals surface area contributed by atoms with Crippen LogP contribution in [0.25, 0.3) is 0 Å². The molecule has 0 saturated carbocycles. The number of carbonyl (C=O) groups excluding carboxylic acids is 1. The van der Waals surface area contributed by atoms with Crippen molar-refractivity contribution in [2.24, 2.45) is 0 Å². The molecule has 0 aromatic carbocycles. The van der Waals surface area contributed by atoms with E-state index in [9.17, 15) is 4.79 Å². The molecule has 1 N–H and O–H groups in total. The first kappa shape index (κ1) is 7.62. The van der Waals surface area contributed by atoms with Crippen LogP contribution in [0.5, 0.6) is 0 Å². The van der Waals surface area contributed by atoms with Crippen molar-refractivity contribution >= 4 is 18.0 Å². The van der Waals surface area contributed by atoms with Gasteiger partial charge in [0.25, 0.3) is 0 Å². The normalized spacial score (nSPS) is 8.25. The highest BCUT2D eigenvalue weighted by atomic mass is 32.2. The Morgan fingerprint density at radius 2 is 2.50 bits per heavy atom. The van der Waals surface area contributed by atoms with Crippen LogP contribution >= 0.6 is 11.9 Å². The number of hydrogen-bond donors (Lipinski definition) is 1. The smallest absolute Gasteiger partial charge is 0.416 e. The molecule has 0 aliphatic rings. The van der Waals surface area contributed by atoms with Crippen molar-refractivity contribution in [3.63, 3.8) is 0 Å². The van der Waals surface area contributed by atoms with Crippen LogP contribution in [0.3, 0.4) is 0 Å². The van der Waals surface area contributed by atoms with Crippen LogP contribution < -0.4 is 4.72 Å². The van der Waals surface area contributed by atoms with Crippen molar-refractivity contribution in [3.8, 4) is 0 Å². The number of amides is 1. The van der Waals surface area contributed by atoms with Crippen LogP contribution in [0.4, 0.5) is 4.79 Å². The SMILES string of the molecule is CCSNC(=O)OC. The molecule has 0 heterocycles. The van der Waals surface area contributed by atoms with Gasteiger partial charge in [0.2, 0.25) is 0 Å². The number of rotatable bonds is 2. The fraction of sp³-hybridized carbons (Fsp3) is 0.750. The average molecular weight is 135 g/mol. The van der Waals surface area contributed by atoms with Crippen molar-refractivity contribution < 1.29 is 9.53 Å². The lowest BCUT2D eigenvalue weighted by Crippen LogP contribution is -2.14. The molecule has 4 heteroatoms. The highest BCUT2D eigenvalue weighted by Crippen LogP contribution is 1.89. The Bertz CT molecular complexity index is 76.4. The van der Waals surface area contributed by atoms with Gasteiger partial charge in [0.1, 0.15) is 0 Å². The summed E-state index contributed by atoms with van der Waals surface area (Å²) in [5.74, 6) is 0.856. The molecule has 8 heavy (non-hydrogen) atoms. The number of nitrogens with one attached hydrogen (secondary N) is 1. The van der Waals surface area contributed by atoms with Gasteiger partial charge in [0.05, 0.1) is 7.11 Å². The van der Waals surface area contributed by atoms with Crippen molar-refractivity contribution in [3.05, 3.63) is 0 Å². The Labute approximate surface area is 52.9 Å². The van der Waals surface area contributed by atoms with Gasteiger partial charge in [0.15, 0.2) is 0 Å². The molecule has 0 bridgehead atoms. The summed E-state index contributed by atoms with van der Waals surface area (Å²) in [6.07, 6.45) is -0.392. The topological polar surface area (TPSA) is 38.3 Å². The van der Waals surface area contributed by atoms with E-state index < -0.39 is 6.09 Å². The standard InChI is InChI=1S/C4H9NO2S/c1-3-8-5-4(6)7-2/h3H2,1-2H3,(H,5,6). The fourth-order valence-corrected chi connectivity index (χ4v) is 0.518. The minimum Gasteiger partial charge on any atom is -0.452 e. The second-order valence-corrected chi connectivity index (χ2v) is 2.10. The Morgan fingerprint density at radius 3 is 2.88 bits per heavy atom. The van der Waals surface area contributed by atoms with E-state index in [1.54, 1.807) is 0 Å². The summed E-state index contributed by atoms with van der Waals surface area (Å²) < 4.78 is 6.72. The number of carbonyl (C=O) groups is 1. The number of ether oxygens (including phenoxy) is 1. The molecule has 0 fully saturated rings. The predicted octanol–water partition coefficient (Wildman–Crippen LogP) is 1.01. The lowest BCUT2D eigenvalue weighted by atomic mass is 11.0. The molecule has 0 saturated heterocycles. The lowest BCUT2D eigenvalue weighted by Gasteiger charge is -1.97. The molecule has 0 aliphatic heterocycles. The monoisotopic (exact) mass is 135 g/mol. The van der Waals surface area contributed by atoms with Crippen LogP contribution in [0.1, 0.15) is 6.92 Å². The van der Waals surface area contributed by atoms with Gasteiger partial charge in [-0.1, -0.05) is 6.92 Å². The minimum atomic E-state index is -0.392.